The largest absolute Gasteiger partial charge is 0.493 e. The smallest absolute Gasteiger partial charge is 0.339 e. The van der Waals surface area contributed by atoms with Crippen LogP contribution in [0.15, 0.2) is 47.4 Å². The molecule has 0 aliphatic heterocycles. The minimum absolute atomic E-state index is 0.0585. The Balaban J connectivity index is 2.37. The Hall–Kier alpha value is -2.41. The Morgan fingerprint density at radius 1 is 1.05 bits per heavy atom. The Bertz CT molecular complexity index is 797. The van der Waals surface area contributed by atoms with Crippen molar-refractivity contribution in [2.45, 2.75) is 11.8 Å². The summed E-state index contributed by atoms with van der Waals surface area (Å²) in [4.78, 5) is 11.1. The van der Waals surface area contributed by atoms with Crippen LogP contribution in [-0.2, 0) is 10.1 Å². The molecule has 2 rings (SSSR count). The normalized spacial score (nSPS) is 11.0. The summed E-state index contributed by atoms with van der Waals surface area (Å²) in [5.74, 6) is -0.691. The van der Waals surface area contributed by atoms with Crippen molar-refractivity contribution < 1.29 is 26.5 Å². The summed E-state index contributed by atoms with van der Waals surface area (Å²) in [5, 5.41) is 0. The SMILES string of the molecule is COc1cc(C(C)=O)ccc1OS(=O)(=O)c1ccc(F)cc1. The molecule has 2 aromatic rings. The zero-order valence-corrected chi connectivity index (χ0v) is 12.7. The van der Waals surface area contributed by atoms with Crippen molar-refractivity contribution in [3.63, 3.8) is 0 Å². The van der Waals surface area contributed by atoms with Crippen molar-refractivity contribution in [2.24, 2.45) is 0 Å². The highest BCUT2D eigenvalue weighted by Gasteiger charge is 2.19. The van der Waals surface area contributed by atoms with Gasteiger partial charge in [-0.25, -0.2) is 4.39 Å². The van der Waals surface area contributed by atoms with Crippen LogP contribution in [0.1, 0.15) is 17.3 Å². The van der Waals surface area contributed by atoms with E-state index < -0.39 is 15.9 Å². The van der Waals surface area contributed by atoms with Gasteiger partial charge in [0.1, 0.15) is 10.7 Å². The molecule has 0 fully saturated rings. The Morgan fingerprint density at radius 3 is 2.23 bits per heavy atom. The summed E-state index contributed by atoms with van der Waals surface area (Å²) in [6.07, 6.45) is 0. The van der Waals surface area contributed by atoms with Crippen molar-refractivity contribution in [1.29, 1.82) is 0 Å². The molecule has 0 amide bonds. The fourth-order valence-electron chi connectivity index (χ4n) is 1.72. The fraction of sp³-hybridized carbons (Fsp3) is 0.133. The Morgan fingerprint density at radius 2 is 1.68 bits per heavy atom. The number of Topliss-reactive ketones (excluding diaryl/α,β-unsaturated/α-hetero) is 1. The maximum absolute atomic E-state index is 12.9. The average Bonchev–Trinajstić information content (AvgIpc) is 2.47. The summed E-state index contributed by atoms with van der Waals surface area (Å²) >= 11 is 0. The lowest BCUT2D eigenvalue weighted by Crippen LogP contribution is -2.10. The number of hydrogen-bond acceptors (Lipinski definition) is 5. The molecule has 2 aromatic carbocycles. The van der Waals surface area contributed by atoms with E-state index in [0.717, 1.165) is 24.3 Å². The van der Waals surface area contributed by atoms with Crippen molar-refractivity contribution >= 4 is 15.9 Å². The van der Waals surface area contributed by atoms with Crippen LogP contribution in [0.4, 0.5) is 4.39 Å². The molecular weight excluding hydrogens is 311 g/mol. The number of ketones is 1. The number of halogens is 1. The maximum Gasteiger partial charge on any atom is 0.339 e. The number of ether oxygens (including phenoxy) is 1. The van der Waals surface area contributed by atoms with Gasteiger partial charge in [0.15, 0.2) is 17.3 Å². The zero-order valence-electron chi connectivity index (χ0n) is 11.9. The fourth-order valence-corrected chi connectivity index (χ4v) is 2.66. The molecule has 116 valence electrons. The lowest BCUT2D eigenvalue weighted by molar-refractivity contribution is 0.101. The second-order valence-electron chi connectivity index (χ2n) is 4.41. The van der Waals surface area contributed by atoms with Crippen molar-refractivity contribution in [2.75, 3.05) is 7.11 Å². The minimum atomic E-state index is -4.13. The molecule has 0 aromatic heterocycles. The zero-order chi connectivity index (χ0) is 16.3. The van der Waals surface area contributed by atoms with Crippen molar-refractivity contribution in [3.05, 3.63) is 53.8 Å². The lowest BCUT2D eigenvalue weighted by atomic mass is 10.1. The van der Waals surface area contributed by atoms with Gasteiger partial charge in [-0.1, -0.05) is 0 Å². The van der Waals surface area contributed by atoms with E-state index >= 15 is 0 Å². The summed E-state index contributed by atoms with van der Waals surface area (Å²) in [5.41, 5.74) is 0.364. The van der Waals surface area contributed by atoms with Crippen LogP contribution in [-0.4, -0.2) is 21.3 Å². The standard InChI is InChI=1S/C15H13FO5S/c1-10(17)11-3-8-14(15(9-11)20-2)21-22(18,19)13-6-4-12(16)5-7-13/h3-9H,1-2H3. The monoisotopic (exact) mass is 324 g/mol. The van der Waals surface area contributed by atoms with Gasteiger partial charge in [0.25, 0.3) is 0 Å². The highest BCUT2D eigenvalue weighted by atomic mass is 32.2. The highest BCUT2D eigenvalue weighted by Crippen LogP contribution is 2.31. The van der Waals surface area contributed by atoms with Crippen LogP contribution in [0.2, 0.25) is 0 Å². The molecule has 22 heavy (non-hydrogen) atoms. The third kappa shape index (κ3) is 3.43. The summed E-state index contributed by atoms with van der Waals surface area (Å²) in [6.45, 7) is 1.38. The van der Waals surface area contributed by atoms with Gasteiger partial charge in [0.05, 0.1) is 7.11 Å². The summed E-state index contributed by atoms with van der Waals surface area (Å²) in [7, 11) is -2.80. The topological polar surface area (TPSA) is 69.7 Å². The number of rotatable bonds is 5. The Labute approximate surface area is 127 Å². The molecule has 0 saturated carbocycles. The van der Waals surface area contributed by atoms with Crippen LogP contribution in [0.3, 0.4) is 0 Å². The van der Waals surface area contributed by atoms with Crippen LogP contribution in [0, 0.1) is 5.82 Å². The first-order valence-corrected chi connectivity index (χ1v) is 7.63. The summed E-state index contributed by atoms with van der Waals surface area (Å²) in [6, 6.07) is 8.38. The molecule has 0 atom stereocenters. The molecule has 0 saturated heterocycles. The van der Waals surface area contributed by atoms with Gasteiger partial charge in [-0.3, -0.25) is 4.79 Å². The van der Waals surface area contributed by atoms with Gasteiger partial charge in [-0.15, -0.1) is 0 Å². The second-order valence-corrected chi connectivity index (χ2v) is 5.96. The van der Waals surface area contributed by atoms with Gasteiger partial charge in [0.2, 0.25) is 0 Å². The quantitative estimate of drug-likeness (QED) is 0.625. The molecule has 0 aliphatic rings. The predicted molar refractivity (Wildman–Crippen MR) is 77.2 cm³/mol. The van der Waals surface area contributed by atoms with Gasteiger partial charge in [-0.05, 0) is 49.4 Å². The molecule has 5 nitrogen and oxygen atoms in total. The van der Waals surface area contributed by atoms with Crippen molar-refractivity contribution in [1.82, 2.24) is 0 Å². The predicted octanol–water partition coefficient (Wildman–Crippen LogP) is 2.80. The van der Waals surface area contributed by atoms with Crippen molar-refractivity contribution in [3.8, 4) is 11.5 Å². The molecule has 0 radical (unpaired) electrons. The third-order valence-electron chi connectivity index (χ3n) is 2.87. The second kappa shape index (κ2) is 6.15. The first-order valence-electron chi connectivity index (χ1n) is 6.22. The van der Waals surface area contributed by atoms with E-state index in [9.17, 15) is 17.6 Å². The highest BCUT2D eigenvalue weighted by molar-refractivity contribution is 7.87. The van der Waals surface area contributed by atoms with Gasteiger partial charge in [-0.2, -0.15) is 8.42 Å². The number of benzene rings is 2. The van der Waals surface area contributed by atoms with Gasteiger partial charge >= 0.3 is 10.1 Å². The van der Waals surface area contributed by atoms with Crippen LogP contribution >= 0.6 is 0 Å². The van der Waals surface area contributed by atoms with E-state index in [1.54, 1.807) is 0 Å². The van der Waals surface area contributed by atoms with Gasteiger partial charge < -0.3 is 8.92 Å². The van der Waals surface area contributed by atoms with E-state index in [1.165, 1.54) is 32.2 Å². The molecule has 0 heterocycles. The maximum atomic E-state index is 12.9. The van der Waals surface area contributed by atoms with E-state index in [2.05, 4.69) is 0 Å². The van der Waals surface area contributed by atoms with Crippen LogP contribution in [0.25, 0.3) is 0 Å². The molecule has 0 N–H and O–H groups in total. The molecule has 0 unspecified atom stereocenters. The van der Waals surface area contributed by atoms with E-state index in [1.807, 2.05) is 0 Å². The minimum Gasteiger partial charge on any atom is -0.493 e. The number of carbonyl (C=O) groups excluding carboxylic acids is 1. The average molecular weight is 324 g/mol. The summed E-state index contributed by atoms with van der Waals surface area (Å²) < 4.78 is 47.2. The molecule has 0 aliphatic carbocycles. The molecule has 0 spiro atoms. The first kappa shape index (κ1) is 16.0. The molecule has 7 heteroatoms. The van der Waals surface area contributed by atoms with E-state index in [-0.39, 0.29) is 22.2 Å². The van der Waals surface area contributed by atoms with E-state index in [0.29, 0.717) is 5.56 Å². The Kier molecular flexibility index (Phi) is 4.46. The van der Waals surface area contributed by atoms with E-state index in [4.69, 9.17) is 8.92 Å². The first-order chi connectivity index (χ1) is 10.3. The molecular formula is C15H13FO5S. The van der Waals surface area contributed by atoms with Crippen LogP contribution < -0.4 is 8.92 Å². The number of hydrogen-bond donors (Lipinski definition) is 0. The third-order valence-corrected chi connectivity index (χ3v) is 4.12. The van der Waals surface area contributed by atoms with Gasteiger partial charge in [0, 0.05) is 5.56 Å². The lowest BCUT2D eigenvalue weighted by Gasteiger charge is -2.11. The number of methoxy groups -OCH3 is 1. The number of carbonyl (C=O) groups is 1. The van der Waals surface area contributed by atoms with Crippen LogP contribution in [0.5, 0.6) is 11.5 Å². The molecule has 0 bridgehead atoms.